The van der Waals surface area contributed by atoms with E-state index in [1.165, 1.54) is 24.1 Å². The lowest BCUT2D eigenvalue weighted by Gasteiger charge is -2.12. The SMILES string of the molecule is CCCOc1c(/C=N\NC(=O)c2ccc3[nH]c4c(c3c2)CCCC4)cccc1OC. The minimum absolute atomic E-state index is 0.238. The quantitative estimate of drug-likeness (QED) is 0.445. The number of carbonyl (C=O) groups is 1. The van der Waals surface area contributed by atoms with Crippen molar-refractivity contribution in [1.29, 1.82) is 0 Å². The van der Waals surface area contributed by atoms with Crippen molar-refractivity contribution in [2.45, 2.75) is 39.0 Å². The fraction of sp³-hybridized carbons (Fsp3) is 0.333. The van der Waals surface area contributed by atoms with Crippen molar-refractivity contribution in [3.05, 3.63) is 58.8 Å². The molecule has 0 atom stereocenters. The van der Waals surface area contributed by atoms with E-state index in [-0.39, 0.29) is 5.91 Å². The van der Waals surface area contributed by atoms with Crippen LogP contribution in [0.4, 0.5) is 0 Å². The molecule has 6 heteroatoms. The average molecular weight is 405 g/mol. The summed E-state index contributed by atoms with van der Waals surface area (Å²) in [7, 11) is 1.60. The van der Waals surface area contributed by atoms with Crippen LogP contribution in [0.1, 0.15) is 53.4 Å². The van der Waals surface area contributed by atoms with Gasteiger partial charge in [-0.2, -0.15) is 5.10 Å². The maximum atomic E-state index is 12.7. The van der Waals surface area contributed by atoms with Crippen LogP contribution in [0.15, 0.2) is 41.5 Å². The van der Waals surface area contributed by atoms with Crippen LogP contribution >= 0.6 is 0 Å². The number of aromatic amines is 1. The number of methoxy groups -OCH3 is 1. The largest absolute Gasteiger partial charge is 0.493 e. The number of benzene rings is 2. The van der Waals surface area contributed by atoms with Crippen molar-refractivity contribution < 1.29 is 14.3 Å². The second-order valence-electron chi connectivity index (χ2n) is 7.48. The smallest absolute Gasteiger partial charge is 0.271 e. The van der Waals surface area contributed by atoms with E-state index in [4.69, 9.17) is 9.47 Å². The van der Waals surface area contributed by atoms with Crippen LogP contribution in [0.3, 0.4) is 0 Å². The Labute approximate surface area is 176 Å². The summed E-state index contributed by atoms with van der Waals surface area (Å²) in [5, 5.41) is 5.29. The Hall–Kier alpha value is -3.28. The molecule has 1 aromatic heterocycles. The van der Waals surface area contributed by atoms with E-state index < -0.39 is 0 Å². The van der Waals surface area contributed by atoms with E-state index in [0.717, 1.165) is 35.7 Å². The van der Waals surface area contributed by atoms with Gasteiger partial charge >= 0.3 is 0 Å². The number of amides is 1. The van der Waals surface area contributed by atoms with Gasteiger partial charge in [-0.3, -0.25) is 4.79 Å². The molecule has 0 bridgehead atoms. The fourth-order valence-corrected chi connectivity index (χ4v) is 3.93. The molecule has 1 aliphatic rings. The predicted octanol–water partition coefficient (Wildman–Crippen LogP) is 4.61. The monoisotopic (exact) mass is 405 g/mol. The first kappa shape index (κ1) is 20.0. The number of hydrogen-bond acceptors (Lipinski definition) is 4. The van der Waals surface area contributed by atoms with E-state index >= 15 is 0 Å². The van der Waals surface area contributed by atoms with Gasteiger partial charge in [0.2, 0.25) is 0 Å². The molecule has 0 radical (unpaired) electrons. The number of nitrogens with one attached hydrogen (secondary N) is 2. The number of hydrazone groups is 1. The summed E-state index contributed by atoms with van der Waals surface area (Å²) in [5.74, 6) is 1.03. The number of nitrogens with zero attached hydrogens (tertiary/aromatic N) is 1. The Bertz CT molecular complexity index is 1080. The second-order valence-corrected chi connectivity index (χ2v) is 7.48. The van der Waals surface area contributed by atoms with Gasteiger partial charge in [0.25, 0.3) is 5.91 Å². The van der Waals surface area contributed by atoms with Gasteiger partial charge < -0.3 is 14.5 Å². The summed E-state index contributed by atoms with van der Waals surface area (Å²) >= 11 is 0. The summed E-state index contributed by atoms with van der Waals surface area (Å²) in [6.45, 7) is 2.62. The first-order valence-corrected chi connectivity index (χ1v) is 10.5. The Morgan fingerprint density at radius 2 is 2.10 bits per heavy atom. The maximum absolute atomic E-state index is 12.7. The minimum atomic E-state index is -0.238. The van der Waals surface area contributed by atoms with Gasteiger partial charge in [-0.15, -0.1) is 0 Å². The molecule has 1 heterocycles. The van der Waals surface area contributed by atoms with Crippen molar-refractivity contribution in [2.24, 2.45) is 5.10 Å². The maximum Gasteiger partial charge on any atom is 0.271 e. The molecule has 1 amide bonds. The van der Waals surface area contributed by atoms with Crippen molar-refractivity contribution >= 4 is 23.0 Å². The topological polar surface area (TPSA) is 75.7 Å². The number of fused-ring (bicyclic) bond motifs is 3. The van der Waals surface area contributed by atoms with Crippen LogP contribution in [0, 0.1) is 0 Å². The van der Waals surface area contributed by atoms with Gasteiger partial charge in [0.05, 0.1) is 19.9 Å². The van der Waals surface area contributed by atoms with E-state index in [1.807, 2.05) is 43.3 Å². The van der Waals surface area contributed by atoms with Crippen molar-refractivity contribution in [3.8, 4) is 11.5 Å². The van der Waals surface area contributed by atoms with Crippen molar-refractivity contribution in [2.75, 3.05) is 13.7 Å². The fourth-order valence-electron chi connectivity index (χ4n) is 3.93. The zero-order valence-corrected chi connectivity index (χ0v) is 17.5. The van der Waals surface area contributed by atoms with Gasteiger partial charge in [0.15, 0.2) is 11.5 Å². The summed E-state index contributed by atoms with van der Waals surface area (Å²) in [6, 6.07) is 11.3. The molecule has 4 rings (SSSR count). The molecule has 2 aromatic carbocycles. The highest BCUT2D eigenvalue weighted by molar-refractivity contribution is 5.99. The third-order valence-corrected chi connectivity index (χ3v) is 5.41. The van der Waals surface area contributed by atoms with Crippen molar-refractivity contribution in [1.82, 2.24) is 10.4 Å². The minimum Gasteiger partial charge on any atom is -0.493 e. The van der Waals surface area contributed by atoms with E-state index in [2.05, 4.69) is 15.5 Å². The van der Waals surface area contributed by atoms with Crippen LogP contribution in [0.25, 0.3) is 10.9 Å². The first-order valence-electron chi connectivity index (χ1n) is 10.5. The zero-order valence-electron chi connectivity index (χ0n) is 17.5. The number of carbonyl (C=O) groups excluding carboxylic acids is 1. The summed E-state index contributed by atoms with van der Waals surface area (Å²) in [6.07, 6.45) is 7.03. The molecule has 0 unspecified atom stereocenters. The number of H-pyrrole nitrogens is 1. The van der Waals surface area contributed by atoms with Gasteiger partial charge in [-0.05, 0) is 68.0 Å². The Morgan fingerprint density at radius 1 is 1.23 bits per heavy atom. The average Bonchev–Trinajstić information content (AvgIpc) is 3.15. The predicted molar refractivity (Wildman–Crippen MR) is 119 cm³/mol. The number of hydrogen-bond donors (Lipinski definition) is 2. The highest BCUT2D eigenvalue weighted by Gasteiger charge is 2.16. The van der Waals surface area contributed by atoms with E-state index in [0.29, 0.717) is 23.7 Å². The van der Waals surface area contributed by atoms with Crippen molar-refractivity contribution in [3.63, 3.8) is 0 Å². The third-order valence-electron chi connectivity index (χ3n) is 5.41. The zero-order chi connectivity index (χ0) is 20.9. The highest BCUT2D eigenvalue weighted by atomic mass is 16.5. The van der Waals surface area contributed by atoms with Gasteiger partial charge in [-0.25, -0.2) is 5.43 Å². The number of aromatic nitrogens is 1. The molecule has 30 heavy (non-hydrogen) atoms. The molecule has 156 valence electrons. The molecule has 2 N–H and O–H groups in total. The molecule has 0 saturated heterocycles. The molecule has 1 aliphatic carbocycles. The molecule has 0 aliphatic heterocycles. The van der Waals surface area contributed by atoms with Crippen LogP contribution < -0.4 is 14.9 Å². The molecule has 6 nitrogen and oxygen atoms in total. The third kappa shape index (κ3) is 4.03. The van der Waals surface area contributed by atoms with E-state index in [1.54, 1.807) is 13.3 Å². The lowest BCUT2D eigenvalue weighted by Crippen LogP contribution is -2.17. The van der Waals surface area contributed by atoms with Crippen LogP contribution in [0.2, 0.25) is 0 Å². The molecule has 0 saturated carbocycles. The number of aryl methyl sites for hydroxylation is 2. The van der Waals surface area contributed by atoms with E-state index in [9.17, 15) is 4.79 Å². The Balaban J connectivity index is 1.52. The van der Waals surface area contributed by atoms with Gasteiger partial charge in [0, 0.05) is 27.7 Å². The molecular formula is C24H27N3O3. The Morgan fingerprint density at radius 3 is 2.93 bits per heavy atom. The van der Waals surface area contributed by atoms with Gasteiger partial charge in [-0.1, -0.05) is 13.0 Å². The first-order chi connectivity index (χ1) is 14.7. The lowest BCUT2D eigenvalue weighted by molar-refractivity contribution is 0.0955. The molecule has 0 spiro atoms. The van der Waals surface area contributed by atoms with Crippen LogP contribution in [-0.4, -0.2) is 30.8 Å². The summed E-state index contributed by atoms with van der Waals surface area (Å²) in [5.41, 5.74) is 7.73. The summed E-state index contributed by atoms with van der Waals surface area (Å²) < 4.78 is 11.2. The number of para-hydroxylation sites is 1. The molecule has 3 aromatic rings. The lowest BCUT2D eigenvalue weighted by atomic mass is 9.95. The second kappa shape index (κ2) is 9.03. The standard InChI is InChI=1S/C24H27N3O3/c1-3-13-30-23-17(7-6-10-22(23)29-2)15-25-27-24(28)16-11-12-21-19(14-16)18-8-4-5-9-20(18)26-21/h6-7,10-12,14-15,26H,3-5,8-9,13H2,1-2H3,(H,27,28)/b25-15-. The van der Waals surface area contributed by atoms with Crippen LogP contribution in [-0.2, 0) is 12.8 Å². The number of ether oxygens (including phenoxy) is 2. The van der Waals surface area contributed by atoms with Gasteiger partial charge in [0.1, 0.15) is 0 Å². The Kier molecular flexibility index (Phi) is 6.02. The highest BCUT2D eigenvalue weighted by Crippen LogP contribution is 2.31. The van der Waals surface area contributed by atoms with Crippen LogP contribution in [0.5, 0.6) is 11.5 Å². The molecular weight excluding hydrogens is 378 g/mol. The normalized spacial score (nSPS) is 13.4. The number of rotatable bonds is 7. The molecule has 0 fully saturated rings. The summed E-state index contributed by atoms with van der Waals surface area (Å²) in [4.78, 5) is 16.2.